The van der Waals surface area contributed by atoms with Crippen LogP contribution in [0.1, 0.15) is 48.7 Å². The zero-order chi connectivity index (χ0) is 22.7. The smallest absolute Gasteiger partial charge is 0.189 e. The van der Waals surface area contributed by atoms with Gasteiger partial charge >= 0.3 is 0 Å². The van der Waals surface area contributed by atoms with Crippen LogP contribution in [0.4, 0.5) is 14.6 Å². The lowest BCUT2D eigenvalue weighted by Crippen LogP contribution is -2.33. The largest absolute Gasteiger partial charge is 0.588 e. The van der Waals surface area contributed by atoms with Crippen molar-refractivity contribution in [1.82, 2.24) is 14.9 Å². The number of aromatic nitrogens is 2. The predicted octanol–water partition coefficient (Wildman–Crippen LogP) is 4.96. The highest BCUT2D eigenvalue weighted by Crippen LogP contribution is 2.30. The highest BCUT2D eigenvalue weighted by molar-refractivity contribution is 7.92. The van der Waals surface area contributed by atoms with Gasteiger partial charge in [-0.15, -0.1) is 0 Å². The van der Waals surface area contributed by atoms with Crippen LogP contribution in [0.2, 0.25) is 0 Å². The monoisotopic (exact) mass is 456 g/mol. The van der Waals surface area contributed by atoms with E-state index >= 15 is 0 Å². The number of benzene rings is 2. The summed E-state index contributed by atoms with van der Waals surface area (Å²) in [6, 6.07) is 9.31. The minimum Gasteiger partial charge on any atom is -0.588 e. The molecule has 2 atom stereocenters. The minimum atomic E-state index is -1.48. The molecule has 1 N–H and O–H groups in total. The van der Waals surface area contributed by atoms with E-state index in [0.29, 0.717) is 22.8 Å². The van der Waals surface area contributed by atoms with E-state index in [1.807, 2.05) is 25.1 Å². The van der Waals surface area contributed by atoms with Crippen molar-refractivity contribution in [1.29, 1.82) is 0 Å². The number of halogens is 2. The van der Waals surface area contributed by atoms with E-state index in [9.17, 15) is 13.3 Å². The quantitative estimate of drug-likeness (QED) is 0.509. The molecule has 1 aliphatic rings. The van der Waals surface area contributed by atoms with E-state index < -0.39 is 23.0 Å². The molecule has 0 fully saturated rings. The van der Waals surface area contributed by atoms with E-state index in [0.717, 1.165) is 43.1 Å². The minimum absolute atomic E-state index is 0.141. The molecule has 0 saturated carbocycles. The highest BCUT2D eigenvalue weighted by atomic mass is 32.2. The fourth-order valence-electron chi connectivity index (χ4n) is 3.97. The van der Waals surface area contributed by atoms with Gasteiger partial charge in [0.25, 0.3) is 0 Å². The van der Waals surface area contributed by atoms with Crippen LogP contribution in [0.3, 0.4) is 0 Å². The number of hydrogen-bond donors (Lipinski definition) is 1. The van der Waals surface area contributed by atoms with Gasteiger partial charge in [0.2, 0.25) is 0 Å². The summed E-state index contributed by atoms with van der Waals surface area (Å²) >= 11 is -1.48. The van der Waals surface area contributed by atoms with Gasteiger partial charge < -0.3 is 4.55 Å². The molecule has 1 aliphatic heterocycles. The molecule has 0 spiro atoms. The number of nitrogens with one attached hydrogen (secondary N) is 1. The van der Waals surface area contributed by atoms with Crippen LogP contribution in [-0.4, -0.2) is 26.0 Å². The summed E-state index contributed by atoms with van der Waals surface area (Å²) < 4.78 is 43.1. The third kappa shape index (κ3) is 5.26. The molecule has 5 nitrogen and oxygen atoms in total. The first kappa shape index (κ1) is 22.6. The van der Waals surface area contributed by atoms with Gasteiger partial charge in [0.05, 0.1) is 18.1 Å². The molecule has 168 valence electrons. The number of hydrogen-bond acceptors (Lipinski definition) is 5. The normalized spacial score (nSPS) is 15.8. The lowest BCUT2D eigenvalue weighted by Gasteiger charge is -2.34. The molecule has 0 bridgehead atoms. The fourth-order valence-corrected chi connectivity index (χ4v) is 4.83. The van der Waals surface area contributed by atoms with Gasteiger partial charge in [-0.2, -0.15) is 4.72 Å². The molecule has 0 saturated heterocycles. The number of rotatable bonds is 7. The first-order valence-electron chi connectivity index (χ1n) is 10.7. The Bertz CT molecular complexity index is 1060. The molecular formula is C24H26F2N4OS. The van der Waals surface area contributed by atoms with E-state index in [4.69, 9.17) is 0 Å². The third-order valence-electron chi connectivity index (χ3n) is 5.76. The Kier molecular flexibility index (Phi) is 7.03. The highest BCUT2D eigenvalue weighted by Gasteiger charge is 2.24. The van der Waals surface area contributed by atoms with Crippen LogP contribution in [0, 0.1) is 11.6 Å². The second kappa shape index (κ2) is 9.94. The Labute approximate surface area is 190 Å². The van der Waals surface area contributed by atoms with Gasteiger partial charge in [0.15, 0.2) is 10.7 Å². The first-order valence-corrected chi connectivity index (χ1v) is 11.9. The second-order valence-corrected chi connectivity index (χ2v) is 9.26. The maximum absolute atomic E-state index is 13.7. The van der Waals surface area contributed by atoms with Crippen molar-refractivity contribution in [2.24, 2.45) is 0 Å². The molecule has 4 rings (SSSR count). The summed E-state index contributed by atoms with van der Waals surface area (Å²) in [5, 5.41) is 0. The number of aryl methyl sites for hydroxylation is 1. The van der Waals surface area contributed by atoms with Crippen LogP contribution >= 0.6 is 0 Å². The summed E-state index contributed by atoms with van der Waals surface area (Å²) in [5.41, 5.74) is 3.78. The van der Waals surface area contributed by atoms with E-state index in [-0.39, 0.29) is 6.04 Å². The molecule has 1 aromatic heterocycles. The van der Waals surface area contributed by atoms with Crippen LogP contribution in [0.25, 0.3) is 0 Å². The van der Waals surface area contributed by atoms with Crippen LogP contribution in [-0.2, 0) is 30.7 Å². The standard InChI is InChI=1S/C24H26F2N4OS/c1-3-4-22-13-28-24(14-27-22)29-32(31)23-6-5-17-7-8-30(15-19(17)11-23)16(2)18-9-20(25)12-21(26)10-18/h5-6,9-14,16H,3-4,7-8,15H2,1-2H3,(H,28,29). The molecule has 8 heteroatoms. The van der Waals surface area contributed by atoms with E-state index in [2.05, 4.69) is 26.5 Å². The summed E-state index contributed by atoms with van der Waals surface area (Å²) in [7, 11) is 0. The zero-order valence-corrected chi connectivity index (χ0v) is 19.0. The van der Waals surface area contributed by atoms with Gasteiger partial charge in [0.1, 0.15) is 23.0 Å². The molecule has 2 heterocycles. The maximum atomic E-state index is 13.7. The van der Waals surface area contributed by atoms with Crippen LogP contribution in [0.5, 0.6) is 0 Å². The Morgan fingerprint density at radius 3 is 2.56 bits per heavy atom. The molecule has 2 unspecified atom stereocenters. The fraction of sp³-hybridized carbons (Fsp3) is 0.333. The molecule has 2 aromatic carbocycles. The Morgan fingerprint density at radius 1 is 1.09 bits per heavy atom. The van der Waals surface area contributed by atoms with Crippen LogP contribution < -0.4 is 4.72 Å². The van der Waals surface area contributed by atoms with Gasteiger partial charge in [-0.25, -0.2) is 13.8 Å². The third-order valence-corrected chi connectivity index (χ3v) is 6.83. The van der Waals surface area contributed by atoms with E-state index in [1.165, 1.54) is 17.7 Å². The molecule has 3 aromatic rings. The average Bonchev–Trinajstić information content (AvgIpc) is 2.78. The molecule has 0 aliphatic carbocycles. The first-order chi connectivity index (χ1) is 15.4. The van der Waals surface area contributed by atoms with Gasteiger partial charge in [0, 0.05) is 31.3 Å². The van der Waals surface area contributed by atoms with Crippen LogP contribution in [0.15, 0.2) is 53.7 Å². The van der Waals surface area contributed by atoms with Crippen molar-refractivity contribution in [3.63, 3.8) is 0 Å². The van der Waals surface area contributed by atoms with Gasteiger partial charge in [-0.05, 0) is 54.7 Å². The summed E-state index contributed by atoms with van der Waals surface area (Å²) in [4.78, 5) is 11.5. The van der Waals surface area contributed by atoms with Crippen molar-refractivity contribution in [2.75, 3.05) is 11.3 Å². The Morgan fingerprint density at radius 2 is 1.88 bits per heavy atom. The maximum Gasteiger partial charge on any atom is 0.189 e. The Balaban J connectivity index is 1.47. The second-order valence-electron chi connectivity index (χ2n) is 8.04. The lowest BCUT2D eigenvalue weighted by molar-refractivity contribution is 0.191. The summed E-state index contributed by atoms with van der Waals surface area (Å²) in [5.74, 6) is -0.679. The number of nitrogens with zero attached hydrogens (tertiary/aromatic N) is 3. The van der Waals surface area contributed by atoms with Gasteiger partial charge in [-0.3, -0.25) is 9.88 Å². The van der Waals surface area contributed by atoms with Gasteiger partial charge in [-0.1, -0.05) is 19.4 Å². The lowest BCUT2D eigenvalue weighted by atomic mass is 9.97. The molecular weight excluding hydrogens is 430 g/mol. The zero-order valence-electron chi connectivity index (χ0n) is 18.1. The van der Waals surface area contributed by atoms with Crippen molar-refractivity contribution in [2.45, 2.75) is 50.6 Å². The summed E-state index contributed by atoms with van der Waals surface area (Å²) in [6.07, 6.45) is 5.97. The average molecular weight is 457 g/mol. The van der Waals surface area contributed by atoms with Crippen molar-refractivity contribution >= 4 is 17.2 Å². The van der Waals surface area contributed by atoms with E-state index in [1.54, 1.807) is 12.4 Å². The Hall–Kier alpha value is -2.55. The molecule has 0 radical (unpaired) electrons. The number of anilines is 1. The predicted molar refractivity (Wildman–Crippen MR) is 121 cm³/mol. The number of fused-ring (bicyclic) bond motifs is 1. The molecule has 32 heavy (non-hydrogen) atoms. The SMILES string of the molecule is CCCc1cnc(N[S+]([O-])c2ccc3c(c2)CN(C(C)c2cc(F)cc(F)c2)CC3)cn1. The summed E-state index contributed by atoms with van der Waals surface area (Å²) in [6.45, 7) is 5.43. The van der Waals surface area contributed by atoms with Crippen molar-refractivity contribution in [3.05, 3.63) is 82.8 Å². The molecule has 0 amide bonds. The van der Waals surface area contributed by atoms with Crippen molar-refractivity contribution in [3.8, 4) is 0 Å². The van der Waals surface area contributed by atoms with Crippen molar-refractivity contribution < 1.29 is 13.3 Å². The topological polar surface area (TPSA) is 64.1 Å².